The maximum absolute atomic E-state index is 13.9. The van der Waals surface area contributed by atoms with Crippen LogP contribution in [0.4, 0.5) is 0 Å². The number of carbonyl (C=O) groups excluding carboxylic acids is 1. The molecule has 0 radical (unpaired) electrons. The third-order valence-corrected chi connectivity index (χ3v) is 7.45. The van der Waals surface area contributed by atoms with E-state index in [1.54, 1.807) is 75.6 Å². The fourth-order valence-electron chi connectivity index (χ4n) is 4.63. The molecule has 1 atom stereocenters. The first-order valence-corrected chi connectivity index (χ1v) is 13.2. The monoisotopic (exact) mass is 555 g/mol. The van der Waals surface area contributed by atoms with E-state index in [0.717, 1.165) is 0 Å². The molecule has 4 aromatic rings. The first kappa shape index (κ1) is 26.7. The van der Waals surface area contributed by atoms with E-state index in [-0.39, 0.29) is 17.7 Å². The first-order valence-electron chi connectivity index (χ1n) is 12.4. The Morgan fingerprint density at radius 1 is 1.18 bits per heavy atom. The summed E-state index contributed by atoms with van der Waals surface area (Å²) in [7, 11) is 3.06. The highest BCUT2D eigenvalue weighted by atomic mass is 32.1. The van der Waals surface area contributed by atoms with E-state index >= 15 is 0 Å². The average molecular weight is 556 g/mol. The minimum Gasteiger partial charge on any atom is -0.497 e. The van der Waals surface area contributed by atoms with Crippen molar-refractivity contribution < 1.29 is 23.4 Å². The Labute approximate surface area is 233 Å². The molecule has 0 spiro atoms. The Morgan fingerprint density at radius 3 is 2.70 bits per heavy atom. The number of thiazole rings is 1. The van der Waals surface area contributed by atoms with Crippen LogP contribution in [0.2, 0.25) is 0 Å². The van der Waals surface area contributed by atoms with E-state index in [1.165, 1.54) is 23.0 Å². The lowest BCUT2D eigenvalue weighted by molar-refractivity contribution is -0.139. The molecule has 1 aliphatic rings. The van der Waals surface area contributed by atoms with E-state index in [9.17, 15) is 14.9 Å². The van der Waals surface area contributed by atoms with Gasteiger partial charge in [-0.3, -0.25) is 9.36 Å². The molecule has 40 heavy (non-hydrogen) atoms. The van der Waals surface area contributed by atoms with E-state index in [4.69, 9.17) is 18.6 Å². The zero-order valence-electron chi connectivity index (χ0n) is 22.3. The summed E-state index contributed by atoms with van der Waals surface area (Å²) < 4.78 is 24.2. The van der Waals surface area contributed by atoms with Crippen molar-refractivity contribution in [1.29, 1.82) is 5.26 Å². The van der Waals surface area contributed by atoms with Crippen LogP contribution in [-0.2, 0) is 9.53 Å². The lowest BCUT2D eigenvalue weighted by atomic mass is 9.95. The summed E-state index contributed by atoms with van der Waals surface area (Å²) in [4.78, 5) is 32.1. The van der Waals surface area contributed by atoms with E-state index in [1.807, 2.05) is 6.07 Å². The van der Waals surface area contributed by atoms with E-state index < -0.39 is 12.0 Å². The number of aromatic nitrogens is 1. The molecule has 2 aromatic heterocycles. The smallest absolute Gasteiger partial charge is 0.338 e. The standard InChI is InChI=1S/C30H25N3O6S/c1-5-38-29(35)26-17(2)32-30-33(27(26)22-12-10-19(36-3)14-24(22)37-4)28(34)25(40-30)15-20-11-13-23(39-20)21-9-7-6-8-18(21)16-31/h6-15,27H,5H2,1-4H3/t27-/m1/s1. The second-order valence-electron chi connectivity index (χ2n) is 8.77. The third kappa shape index (κ3) is 4.72. The second-order valence-corrected chi connectivity index (χ2v) is 9.78. The van der Waals surface area contributed by atoms with Gasteiger partial charge < -0.3 is 18.6 Å². The predicted molar refractivity (Wildman–Crippen MR) is 149 cm³/mol. The Hall–Kier alpha value is -4.88. The van der Waals surface area contributed by atoms with Gasteiger partial charge in [0.2, 0.25) is 0 Å². The predicted octanol–water partition coefficient (Wildman–Crippen LogP) is 3.95. The first-order chi connectivity index (χ1) is 19.4. The molecule has 0 fully saturated rings. The molecule has 9 nitrogen and oxygen atoms in total. The van der Waals surface area contributed by atoms with Gasteiger partial charge in [-0.25, -0.2) is 9.79 Å². The van der Waals surface area contributed by atoms with Gasteiger partial charge in [0.15, 0.2) is 4.80 Å². The van der Waals surface area contributed by atoms with Crippen molar-refractivity contribution >= 4 is 23.4 Å². The van der Waals surface area contributed by atoms with E-state index in [0.29, 0.717) is 54.7 Å². The fraction of sp³-hybridized carbons (Fsp3) is 0.200. The molecule has 2 aromatic carbocycles. The van der Waals surface area contributed by atoms with Crippen molar-refractivity contribution in [2.24, 2.45) is 4.99 Å². The van der Waals surface area contributed by atoms with Crippen LogP contribution < -0.4 is 24.4 Å². The largest absolute Gasteiger partial charge is 0.497 e. The zero-order chi connectivity index (χ0) is 28.4. The van der Waals surface area contributed by atoms with Gasteiger partial charge in [-0.15, -0.1) is 0 Å². The molecule has 0 amide bonds. The number of hydrogen-bond donors (Lipinski definition) is 0. The molecule has 0 saturated carbocycles. The number of fused-ring (bicyclic) bond motifs is 1. The van der Waals surface area contributed by atoms with Crippen molar-refractivity contribution in [1.82, 2.24) is 4.57 Å². The summed E-state index contributed by atoms with van der Waals surface area (Å²) in [6, 6.07) is 17.2. The van der Waals surface area contributed by atoms with Gasteiger partial charge >= 0.3 is 5.97 Å². The summed E-state index contributed by atoms with van der Waals surface area (Å²) in [6.45, 7) is 3.61. The van der Waals surface area contributed by atoms with Crippen LogP contribution in [0.1, 0.15) is 36.8 Å². The number of nitriles is 1. The minimum absolute atomic E-state index is 0.169. The van der Waals surface area contributed by atoms with Crippen molar-refractivity contribution in [3.63, 3.8) is 0 Å². The van der Waals surface area contributed by atoms with Crippen LogP contribution in [-0.4, -0.2) is 31.4 Å². The molecule has 0 unspecified atom stereocenters. The van der Waals surface area contributed by atoms with Crippen LogP contribution in [0.5, 0.6) is 11.5 Å². The van der Waals surface area contributed by atoms with Gasteiger partial charge in [0, 0.05) is 23.3 Å². The van der Waals surface area contributed by atoms with Crippen molar-refractivity contribution in [3.05, 3.63) is 102 Å². The lowest BCUT2D eigenvalue weighted by Crippen LogP contribution is -2.40. The van der Waals surface area contributed by atoms with Gasteiger partial charge in [-0.1, -0.05) is 23.5 Å². The number of hydrogen-bond acceptors (Lipinski definition) is 9. The highest BCUT2D eigenvalue weighted by Crippen LogP contribution is 2.37. The topological polar surface area (TPSA) is 116 Å². The summed E-state index contributed by atoms with van der Waals surface area (Å²) in [5.41, 5.74) is 2.07. The van der Waals surface area contributed by atoms with Crippen molar-refractivity contribution in [2.75, 3.05) is 20.8 Å². The number of ether oxygens (including phenoxy) is 3. The summed E-state index contributed by atoms with van der Waals surface area (Å²) >= 11 is 1.18. The van der Waals surface area contributed by atoms with Gasteiger partial charge in [0.05, 0.1) is 48.3 Å². The summed E-state index contributed by atoms with van der Waals surface area (Å²) in [5, 5.41) is 9.45. The molecule has 0 saturated heterocycles. The molecule has 0 aliphatic carbocycles. The van der Waals surface area contributed by atoms with Crippen LogP contribution in [0.3, 0.4) is 0 Å². The molecular formula is C30H25N3O6S. The SMILES string of the molecule is CCOC(=O)C1=C(C)N=c2sc(=Cc3ccc(-c4ccccc4C#N)o3)c(=O)n2[C@@H]1c1ccc(OC)cc1OC. The molecule has 10 heteroatoms. The Morgan fingerprint density at radius 2 is 1.98 bits per heavy atom. The normalized spacial score (nSPS) is 14.8. The fourth-order valence-corrected chi connectivity index (χ4v) is 5.66. The van der Waals surface area contributed by atoms with Gasteiger partial charge in [0.25, 0.3) is 5.56 Å². The van der Waals surface area contributed by atoms with E-state index in [2.05, 4.69) is 11.1 Å². The van der Waals surface area contributed by atoms with Gasteiger partial charge in [0.1, 0.15) is 29.1 Å². The number of rotatable bonds is 7. The van der Waals surface area contributed by atoms with Crippen LogP contribution in [0.15, 0.2) is 80.1 Å². The number of furan rings is 1. The molecule has 202 valence electrons. The Balaban J connectivity index is 1.68. The van der Waals surface area contributed by atoms with Crippen LogP contribution in [0, 0.1) is 11.3 Å². The van der Waals surface area contributed by atoms with Crippen LogP contribution in [0.25, 0.3) is 17.4 Å². The number of benzene rings is 2. The van der Waals surface area contributed by atoms with Crippen molar-refractivity contribution in [2.45, 2.75) is 19.9 Å². The Bertz CT molecular complexity index is 1870. The lowest BCUT2D eigenvalue weighted by Gasteiger charge is -2.26. The zero-order valence-corrected chi connectivity index (χ0v) is 23.1. The number of carbonyl (C=O) groups is 1. The molecule has 5 rings (SSSR count). The molecule has 3 heterocycles. The van der Waals surface area contributed by atoms with Crippen LogP contribution >= 0.6 is 11.3 Å². The molecular weight excluding hydrogens is 530 g/mol. The number of allylic oxidation sites excluding steroid dienone is 1. The average Bonchev–Trinajstić information content (AvgIpc) is 3.56. The van der Waals surface area contributed by atoms with Gasteiger partial charge in [-0.2, -0.15) is 5.26 Å². The highest BCUT2D eigenvalue weighted by Gasteiger charge is 2.35. The molecule has 0 bridgehead atoms. The van der Waals surface area contributed by atoms with Crippen molar-refractivity contribution in [3.8, 4) is 28.9 Å². The number of esters is 1. The Kier molecular flexibility index (Phi) is 7.40. The minimum atomic E-state index is -0.840. The number of nitrogens with zero attached hydrogens (tertiary/aromatic N) is 3. The number of methoxy groups -OCH3 is 2. The molecule has 0 N–H and O–H groups in total. The summed E-state index contributed by atoms with van der Waals surface area (Å²) in [5.74, 6) is 1.40. The maximum Gasteiger partial charge on any atom is 0.338 e. The van der Waals surface area contributed by atoms with Gasteiger partial charge in [-0.05, 0) is 50.2 Å². The summed E-state index contributed by atoms with van der Waals surface area (Å²) in [6.07, 6.45) is 1.63. The highest BCUT2D eigenvalue weighted by molar-refractivity contribution is 7.07. The second kappa shape index (κ2) is 11.1. The third-order valence-electron chi connectivity index (χ3n) is 6.47. The quantitative estimate of drug-likeness (QED) is 0.317. The maximum atomic E-state index is 13.9. The molecule has 1 aliphatic heterocycles.